The lowest BCUT2D eigenvalue weighted by Crippen LogP contribution is -3.00. The van der Waals surface area contributed by atoms with Gasteiger partial charge >= 0.3 is 0 Å². The van der Waals surface area contributed by atoms with Crippen LogP contribution in [0.2, 0.25) is 0 Å². The van der Waals surface area contributed by atoms with E-state index in [0.717, 1.165) is 35.3 Å². The van der Waals surface area contributed by atoms with E-state index in [-0.39, 0.29) is 24.0 Å². The van der Waals surface area contributed by atoms with Crippen molar-refractivity contribution in [2.75, 3.05) is 27.2 Å². The van der Waals surface area contributed by atoms with E-state index in [9.17, 15) is 0 Å². The molecule has 0 aromatic carbocycles. The number of hydrogen-bond acceptors (Lipinski definition) is 2. The molecule has 1 rings (SSSR count). The predicted molar refractivity (Wildman–Crippen MR) is 43.3 cm³/mol. The number of hydrogen-bond donors (Lipinski definition) is 1. The number of halogens is 1. The Labute approximate surface area is 90.4 Å². The molecule has 0 aromatic rings. The molecule has 0 radical (unpaired) electrons. The predicted octanol–water partition coefficient (Wildman–Crippen LogP) is -2.79. The van der Waals surface area contributed by atoms with Gasteiger partial charge < -0.3 is 34.2 Å². The molecule has 0 atom stereocenters. The van der Waals surface area contributed by atoms with Gasteiger partial charge in [-0.15, -0.1) is 0 Å². The average Bonchev–Trinajstić information content (AvgIpc) is 1.94. The van der Waals surface area contributed by atoms with E-state index in [1.165, 1.54) is 0 Å². The maximum atomic E-state index is 8.70. The third-order valence-corrected chi connectivity index (χ3v) is 2.10. The third-order valence-electron chi connectivity index (χ3n) is 2.10. The Bertz CT molecular complexity index is 237. The Morgan fingerprint density at radius 3 is 2.50 bits per heavy atom. The van der Waals surface area contributed by atoms with Gasteiger partial charge in [0.1, 0.15) is 18.2 Å². The second-order valence-corrected chi connectivity index (χ2v) is 3.68. The molecule has 0 aliphatic carbocycles. The molecule has 68 valence electrons. The molecule has 0 amide bonds. The number of quaternary nitrogens is 1. The molecule has 1 aliphatic rings. The van der Waals surface area contributed by atoms with Crippen molar-refractivity contribution in [3.63, 3.8) is 0 Å². The molecule has 2 N–H and O–H groups in total. The molecule has 0 saturated carbocycles. The number of nitriles is 1. The number of nitrogens with zero attached hydrogens (tertiary/aromatic N) is 2. The highest BCUT2D eigenvalue weighted by molar-refractivity contribution is 5.27. The molecule has 0 fully saturated rings. The van der Waals surface area contributed by atoms with Gasteiger partial charge in [0, 0.05) is 12.1 Å². The monoisotopic (exact) mass is 279 g/mol. The fraction of sp³-hybridized carbons (Fsp3) is 0.625. The lowest BCUT2D eigenvalue weighted by atomic mass is 10.1. The van der Waals surface area contributed by atoms with Gasteiger partial charge in [0.05, 0.1) is 20.6 Å². The summed E-state index contributed by atoms with van der Waals surface area (Å²) in [5.41, 5.74) is 7.21. The van der Waals surface area contributed by atoms with Crippen LogP contribution in [-0.2, 0) is 0 Å². The Balaban J connectivity index is 0.00000121. The van der Waals surface area contributed by atoms with E-state index >= 15 is 0 Å². The van der Waals surface area contributed by atoms with Crippen LogP contribution >= 0.6 is 0 Å². The number of likely N-dealkylation sites (N-methyl/N-ethyl adjacent to an activating group) is 1. The standard InChI is InChI=1S/C8H14N3.HI/c1-11(2)4-3-8(10)7(5-9)6-11;/h3-4,6,10H2,1-2H3;1H/q+1;/p-1. The van der Waals surface area contributed by atoms with Crippen LogP contribution in [0.1, 0.15) is 6.42 Å². The van der Waals surface area contributed by atoms with Crippen molar-refractivity contribution in [3.05, 3.63) is 11.3 Å². The molecule has 0 spiro atoms. The molecule has 3 nitrogen and oxygen atoms in total. The zero-order chi connectivity index (χ0) is 8.48. The molecule has 4 heteroatoms. The molecule has 0 bridgehead atoms. The Kier molecular flexibility index (Phi) is 4.00. The van der Waals surface area contributed by atoms with Crippen LogP contribution in [0.4, 0.5) is 0 Å². The van der Waals surface area contributed by atoms with Crippen molar-refractivity contribution in [1.29, 1.82) is 5.26 Å². The highest BCUT2D eigenvalue weighted by Gasteiger charge is 2.24. The summed E-state index contributed by atoms with van der Waals surface area (Å²) < 4.78 is 0.879. The average molecular weight is 279 g/mol. The minimum Gasteiger partial charge on any atom is -1.00 e. The van der Waals surface area contributed by atoms with Crippen molar-refractivity contribution in [1.82, 2.24) is 0 Å². The first kappa shape index (κ1) is 11.7. The van der Waals surface area contributed by atoms with Crippen LogP contribution in [0.25, 0.3) is 0 Å². The summed E-state index contributed by atoms with van der Waals surface area (Å²) in [5.74, 6) is 0. The van der Waals surface area contributed by atoms with E-state index in [1.807, 2.05) is 0 Å². The molecule has 1 aliphatic heterocycles. The van der Waals surface area contributed by atoms with Crippen LogP contribution in [-0.4, -0.2) is 31.7 Å². The fourth-order valence-electron chi connectivity index (χ4n) is 1.29. The first-order valence-electron chi connectivity index (χ1n) is 3.75. The first-order valence-corrected chi connectivity index (χ1v) is 3.75. The van der Waals surface area contributed by atoms with Gasteiger partial charge in [0.2, 0.25) is 0 Å². The molecular weight excluding hydrogens is 265 g/mol. The van der Waals surface area contributed by atoms with Crippen LogP contribution < -0.4 is 29.7 Å². The second-order valence-electron chi connectivity index (χ2n) is 3.68. The van der Waals surface area contributed by atoms with Gasteiger partial charge in [-0.3, -0.25) is 0 Å². The van der Waals surface area contributed by atoms with E-state index in [1.54, 1.807) is 0 Å². The molecule has 0 unspecified atom stereocenters. The van der Waals surface area contributed by atoms with Crippen molar-refractivity contribution < 1.29 is 28.5 Å². The number of nitrogens with two attached hydrogens (primary N) is 1. The Hall–Kier alpha value is -0.280. The summed E-state index contributed by atoms with van der Waals surface area (Å²) in [6.07, 6.45) is 0.857. The quantitative estimate of drug-likeness (QED) is 0.385. The van der Waals surface area contributed by atoms with Crippen molar-refractivity contribution in [3.8, 4) is 6.07 Å². The Morgan fingerprint density at radius 1 is 1.50 bits per heavy atom. The summed E-state index contributed by atoms with van der Waals surface area (Å²) in [6, 6.07) is 2.15. The third kappa shape index (κ3) is 2.64. The van der Waals surface area contributed by atoms with Gasteiger partial charge in [-0.05, 0) is 0 Å². The lowest BCUT2D eigenvalue weighted by molar-refractivity contribution is -0.886. The minimum atomic E-state index is 0. The van der Waals surface area contributed by atoms with E-state index in [2.05, 4.69) is 20.2 Å². The fourth-order valence-corrected chi connectivity index (χ4v) is 1.29. The smallest absolute Gasteiger partial charge is 0.116 e. The van der Waals surface area contributed by atoms with E-state index < -0.39 is 0 Å². The van der Waals surface area contributed by atoms with Crippen molar-refractivity contribution in [2.24, 2.45) is 5.73 Å². The lowest BCUT2D eigenvalue weighted by Gasteiger charge is -2.33. The summed E-state index contributed by atoms with van der Waals surface area (Å²) in [5, 5.41) is 8.70. The Morgan fingerprint density at radius 2 is 2.08 bits per heavy atom. The summed E-state index contributed by atoms with van der Waals surface area (Å²) in [6.45, 7) is 1.82. The molecule has 12 heavy (non-hydrogen) atoms. The molecule has 0 saturated heterocycles. The highest BCUT2D eigenvalue weighted by atomic mass is 127. The van der Waals surface area contributed by atoms with Crippen LogP contribution in [0.3, 0.4) is 0 Å². The normalized spacial score (nSPS) is 21.1. The van der Waals surface area contributed by atoms with Gasteiger partial charge in [-0.2, -0.15) is 5.26 Å². The van der Waals surface area contributed by atoms with Crippen LogP contribution in [0, 0.1) is 11.3 Å². The summed E-state index contributed by atoms with van der Waals surface area (Å²) in [4.78, 5) is 0. The van der Waals surface area contributed by atoms with Gasteiger partial charge in [0.15, 0.2) is 0 Å². The highest BCUT2D eigenvalue weighted by Crippen LogP contribution is 2.16. The molecular formula is C8H14IN3. The SMILES string of the molecule is C[N+]1(C)CCC(N)=C(C#N)C1.[I-]. The maximum Gasteiger partial charge on any atom is 0.116 e. The van der Waals surface area contributed by atoms with Gasteiger partial charge in [0.25, 0.3) is 0 Å². The van der Waals surface area contributed by atoms with Crippen molar-refractivity contribution in [2.45, 2.75) is 6.42 Å². The van der Waals surface area contributed by atoms with Gasteiger partial charge in [-0.25, -0.2) is 0 Å². The van der Waals surface area contributed by atoms with Crippen LogP contribution in [0.5, 0.6) is 0 Å². The second kappa shape index (κ2) is 4.10. The minimum absolute atomic E-state index is 0. The largest absolute Gasteiger partial charge is 1.00 e. The topological polar surface area (TPSA) is 49.8 Å². The van der Waals surface area contributed by atoms with Crippen molar-refractivity contribution >= 4 is 0 Å². The molecule has 1 heterocycles. The molecule has 0 aromatic heterocycles. The number of rotatable bonds is 0. The van der Waals surface area contributed by atoms with Crippen LogP contribution in [0.15, 0.2) is 11.3 Å². The first-order chi connectivity index (χ1) is 5.05. The maximum absolute atomic E-state index is 8.70. The summed E-state index contributed by atoms with van der Waals surface area (Å²) in [7, 11) is 4.23. The zero-order valence-electron chi connectivity index (χ0n) is 7.47. The summed E-state index contributed by atoms with van der Waals surface area (Å²) >= 11 is 0. The zero-order valence-corrected chi connectivity index (χ0v) is 9.63. The van der Waals surface area contributed by atoms with Gasteiger partial charge in [-0.1, -0.05) is 0 Å². The van der Waals surface area contributed by atoms with E-state index in [0.29, 0.717) is 0 Å². The van der Waals surface area contributed by atoms with E-state index in [4.69, 9.17) is 11.0 Å².